The Bertz CT molecular complexity index is 439. The van der Waals surface area contributed by atoms with Gasteiger partial charge >= 0.3 is 0 Å². The van der Waals surface area contributed by atoms with Crippen molar-refractivity contribution in [2.24, 2.45) is 11.7 Å². The van der Waals surface area contributed by atoms with Crippen molar-refractivity contribution in [2.45, 2.75) is 6.42 Å². The summed E-state index contributed by atoms with van der Waals surface area (Å²) in [4.78, 5) is 21.5. The molecule has 1 unspecified atom stereocenters. The third-order valence-corrected chi connectivity index (χ3v) is 3.10. The first-order valence-electron chi connectivity index (χ1n) is 5.36. The maximum Gasteiger partial charge on any atom is 0.227 e. The van der Waals surface area contributed by atoms with Crippen LogP contribution in [-0.2, 0) is 4.79 Å². The molecule has 7 heteroatoms. The molecular formula is C10H14ClN5O. The van der Waals surface area contributed by atoms with Gasteiger partial charge in [0.25, 0.3) is 0 Å². The molecule has 2 heterocycles. The lowest BCUT2D eigenvalue weighted by Gasteiger charge is -2.19. The summed E-state index contributed by atoms with van der Waals surface area (Å²) in [6.45, 7) is 1.06. The standard InChI is InChI=1S/C10H14ClN5O/c1-13-10-8(9(11)14-5-15-10)16-4-6(3-12)2-7(16)17/h5-6H,2-4,12H2,1H3,(H,13,14,15). The van der Waals surface area contributed by atoms with Crippen LogP contribution in [-0.4, -0.2) is 36.0 Å². The molecule has 1 amide bonds. The summed E-state index contributed by atoms with van der Waals surface area (Å²) < 4.78 is 0. The van der Waals surface area contributed by atoms with E-state index in [0.717, 1.165) is 0 Å². The summed E-state index contributed by atoms with van der Waals surface area (Å²) in [6, 6.07) is 0. The topological polar surface area (TPSA) is 84.1 Å². The molecule has 1 aliphatic heterocycles. The van der Waals surface area contributed by atoms with Crippen molar-refractivity contribution < 1.29 is 4.79 Å². The van der Waals surface area contributed by atoms with Crippen molar-refractivity contribution in [3.05, 3.63) is 11.5 Å². The van der Waals surface area contributed by atoms with Gasteiger partial charge in [0, 0.05) is 20.0 Å². The summed E-state index contributed by atoms with van der Waals surface area (Å²) in [5, 5.41) is 3.18. The number of carbonyl (C=O) groups excluding carboxylic acids is 1. The van der Waals surface area contributed by atoms with E-state index in [-0.39, 0.29) is 17.0 Å². The van der Waals surface area contributed by atoms with Gasteiger partial charge in [-0.2, -0.15) is 0 Å². The molecule has 0 bridgehead atoms. The largest absolute Gasteiger partial charge is 0.371 e. The molecule has 17 heavy (non-hydrogen) atoms. The number of nitrogens with zero attached hydrogens (tertiary/aromatic N) is 3. The van der Waals surface area contributed by atoms with Crippen LogP contribution >= 0.6 is 11.6 Å². The third-order valence-electron chi connectivity index (χ3n) is 2.82. The first kappa shape index (κ1) is 12.1. The van der Waals surface area contributed by atoms with Crippen molar-refractivity contribution in [3.63, 3.8) is 0 Å². The van der Waals surface area contributed by atoms with Gasteiger partial charge in [0.2, 0.25) is 5.91 Å². The Kier molecular flexibility index (Phi) is 3.44. The number of hydrogen-bond acceptors (Lipinski definition) is 5. The Morgan fingerprint density at radius 1 is 1.65 bits per heavy atom. The van der Waals surface area contributed by atoms with Gasteiger partial charge in [0.05, 0.1) is 0 Å². The highest BCUT2D eigenvalue weighted by Crippen LogP contribution is 2.34. The van der Waals surface area contributed by atoms with E-state index >= 15 is 0 Å². The van der Waals surface area contributed by atoms with Gasteiger partial charge in [-0.1, -0.05) is 11.6 Å². The van der Waals surface area contributed by atoms with Crippen LogP contribution in [0.15, 0.2) is 6.33 Å². The van der Waals surface area contributed by atoms with Gasteiger partial charge in [-0.05, 0) is 12.5 Å². The van der Waals surface area contributed by atoms with Gasteiger partial charge in [-0.15, -0.1) is 0 Å². The van der Waals surface area contributed by atoms with Crippen LogP contribution < -0.4 is 16.0 Å². The van der Waals surface area contributed by atoms with E-state index in [2.05, 4.69) is 15.3 Å². The minimum Gasteiger partial charge on any atom is -0.371 e. The van der Waals surface area contributed by atoms with Crippen LogP contribution in [0.2, 0.25) is 5.15 Å². The lowest BCUT2D eigenvalue weighted by atomic mass is 10.1. The van der Waals surface area contributed by atoms with E-state index in [4.69, 9.17) is 17.3 Å². The van der Waals surface area contributed by atoms with Crippen molar-refractivity contribution in [2.75, 3.05) is 30.4 Å². The van der Waals surface area contributed by atoms with Crippen molar-refractivity contribution >= 4 is 29.0 Å². The number of nitrogens with two attached hydrogens (primary N) is 1. The number of anilines is 2. The number of amides is 1. The van der Waals surface area contributed by atoms with Crippen molar-refractivity contribution in [1.82, 2.24) is 9.97 Å². The predicted molar refractivity (Wildman–Crippen MR) is 66.1 cm³/mol. The molecule has 0 radical (unpaired) electrons. The average molecular weight is 256 g/mol. The number of nitrogens with one attached hydrogen (secondary N) is 1. The van der Waals surface area contributed by atoms with Crippen LogP contribution in [0.5, 0.6) is 0 Å². The minimum absolute atomic E-state index is 0.00801. The summed E-state index contributed by atoms with van der Waals surface area (Å²) in [5.41, 5.74) is 6.13. The Balaban J connectivity index is 2.37. The summed E-state index contributed by atoms with van der Waals surface area (Å²) in [6.07, 6.45) is 1.81. The first-order valence-corrected chi connectivity index (χ1v) is 5.73. The summed E-state index contributed by atoms with van der Waals surface area (Å²) in [7, 11) is 1.73. The zero-order chi connectivity index (χ0) is 12.4. The highest BCUT2D eigenvalue weighted by atomic mass is 35.5. The molecule has 1 aromatic heterocycles. The maximum atomic E-state index is 11.9. The fourth-order valence-corrected chi connectivity index (χ4v) is 2.17. The molecule has 6 nitrogen and oxygen atoms in total. The number of hydrogen-bond donors (Lipinski definition) is 2. The van der Waals surface area contributed by atoms with Crippen molar-refractivity contribution in [3.8, 4) is 0 Å². The van der Waals surface area contributed by atoms with Gasteiger partial charge < -0.3 is 16.0 Å². The normalized spacial score (nSPS) is 19.8. The molecule has 0 spiro atoms. The van der Waals surface area contributed by atoms with E-state index in [0.29, 0.717) is 31.0 Å². The molecule has 0 saturated carbocycles. The first-order chi connectivity index (χ1) is 8.17. The molecule has 1 aliphatic rings. The summed E-state index contributed by atoms with van der Waals surface area (Å²) in [5.74, 6) is 0.730. The zero-order valence-corrected chi connectivity index (χ0v) is 10.2. The SMILES string of the molecule is CNc1ncnc(Cl)c1N1CC(CN)CC1=O. The maximum absolute atomic E-state index is 11.9. The van der Waals surface area contributed by atoms with E-state index in [9.17, 15) is 4.79 Å². The average Bonchev–Trinajstić information content (AvgIpc) is 2.70. The Morgan fingerprint density at radius 3 is 3.00 bits per heavy atom. The lowest BCUT2D eigenvalue weighted by Crippen LogP contribution is -2.27. The highest BCUT2D eigenvalue weighted by molar-refractivity contribution is 6.33. The fraction of sp³-hybridized carbons (Fsp3) is 0.500. The van der Waals surface area contributed by atoms with Gasteiger partial charge in [0.15, 0.2) is 11.0 Å². The molecule has 1 atom stereocenters. The number of rotatable bonds is 3. The molecule has 2 rings (SSSR count). The van der Waals surface area contributed by atoms with Crippen molar-refractivity contribution in [1.29, 1.82) is 0 Å². The third kappa shape index (κ3) is 2.18. The second-order valence-corrected chi connectivity index (χ2v) is 4.28. The van der Waals surface area contributed by atoms with E-state index < -0.39 is 0 Å². The van der Waals surface area contributed by atoms with Gasteiger partial charge in [-0.3, -0.25) is 4.79 Å². The number of halogens is 1. The Hall–Kier alpha value is -1.40. The number of carbonyl (C=O) groups is 1. The molecule has 92 valence electrons. The van der Waals surface area contributed by atoms with E-state index in [1.807, 2.05) is 0 Å². The van der Waals surface area contributed by atoms with E-state index in [1.54, 1.807) is 11.9 Å². The molecule has 1 fully saturated rings. The number of aromatic nitrogens is 2. The molecule has 3 N–H and O–H groups in total. The Labute approximate surface area is 104 Å². The van der Waals surface area contributed by atoms with Gasteiger partial charge in [-0.25, -0.2) is 9.97 Å². The van der Waals surface area contributed by atoms with Crippen LogP contribution in [0.3, 0.4) is 0 Å². The quantitative estimate of drug-likeness (QED) is 0.768. The second kappa shape index (κ2) is 4.85. The monoisotopic (exact) mass is 255 g/mol. The highest BCUT2D eigenvalue weighted by Gasteiger charge is 2.32. The van der Waals surface area contributed by atoms with Gasteiger partial charge in [0.1, 0.15) is 12.0 Å². The van der Waals surface area contributed by atoms with E-state index in [1.165, 1.54) is 6.33 Å². The summed E-state index contributed by atoms with van der Waals surface area (Å²) >= 11 is 6.03. The minimum atomic E-state index is 0.00801. The van der Waals surface area contributed by atoms with Crippen LogP contribution in [0.4, 0.5) is 11.5 Å². The molecule has 1 saturated heterocycles. The second-order valence-electron chi connectivity index (χ2n) is 3.92. The zero-order valence-electron chi connectivity index (χ0n) is 9.48. The smallest absolute Gasteiger partial charge is 0.227 e. The Morgan fingerprint density at radius 2 is 2.41 bits per heavy atom. The van der Waals surface area contributed by atoms with Crippen LogP contribution in [0, 0.1) is 5.92 Å². The predicted octanol–water partition coefficient (Wildman–Crippen LogP) is 0.483. The van der Waals surface area contributed by atoms with Crippen LogP contribution in [0.25, 0.3) is 0 Å². The van der Waals surface area contributed by atoms with Crippen LogP contribution in [0.1, 0.15) is 6.42 Å². The molecule has 0 aliphatic carbocycles. The lowest BCUT2D eigenvalue weighted by molar-refractivity contribution is -0.117. The molecule has 0 aromatic carbocycles. The molecular weight excluding hydrogens is 242 g/mol. The fourth-order valence-electron chi connectivity index (χ4n) is 1.93. The molecule has 1 aromatic rings.